The number of nitrogens with two attached hydrogens (primary N) is 1. The van der Waals surface area contributed by atoms with Crippen LogP contribution in [-0.2, 0) is 7.05 Å². The van der Waals surface area contributed by atoms with E-state index in [1.165, 1.54) is 5.69 Å². The molecule has 86 valence electrons. The van der Waals surface area contributed by atoms with E-state index in [4.69, 9.17) is 5.73 Å². The highest BCUT2D eigenvalue weighted by atomic mass is 16.3. The van der Waals surface area contributed by atoms with Crippen molar-refractivity contribution in [2.24, 2.45) is 12.8 Å². The molecule has 1 aromatic heterocycles. The molecule has 2 unspecified atom stereocenters. The lowest BCUT2D eigenvalue weighted by atomic mass is 10.0. The average Bonchev–Trinajstić information content (AvgIpc) is 2.47. The lowest BCUT2D eigenvalue weighted by Gasteiger charge is -2.20. The maximum Gasteiger partial charge on any atom is 0.0972 e. The van der Waals surface area contributed by atoms with Gasteiger partial charge in [0.1, 0.15) is 0 Å². The van der Waals surface area contributed by atoms with E-state index < -0.39 is 6.10 Å². The SMILES string of the molecule is CNC(CN)C(O)c1cn(C)c(C)c1C. The van der Waals surface area contributed by atoms with E-state index >= 15 is 0 Å². The number of likely N-dealkylation sites (N-methyl/N-ethyl adjacent to an activating group) is 1. The summed E-state index contributed by atoms with van der Waals surface area (Å²) in [5.41, 5.74) is 8.86. The van der Waals surface area contributed by atoms with Crippen molar-refractivity contribution < 1.29 is 5.11 Å². The third kappa shape index (κ3) is 2.22. The molecule has 1 aromatic rings. The van der Waals surface area contributed by atoms with Gasteiger partial charge in [-0.3, -0.25) is 0 Å². The largest absolute Gasteiger partial charge is 0.387 e. The Balaban J connectivity index is 3.00. The van der Waals surface area contributed by atoms with Crippen molar-refractivity contribution in [3.05, 3.63) is 23.0 Å². The molecule has 4 nitrogen and oxygen atoms in total. The minimum Gasteiger partial charge on any atom is -0.387 e. The zero-order valence-corrected chi connectivity index (χ0v) is 9.91. The molecule has 0 saturated heterocycles. The van der Waals surface area contributed by atoms with E-state index in [-0.39, 0.29) is 6.04 Å². The number of hydrogen-bond donors (Lipinski definition) is 3. The van der Waals surface area contributed by atoms with Gasteiger partial charge in [-0.2, -0.15) is 0 Å². The molecule has 4 N–H and O–H groups in total. The quantitative estimate of drug-likeness (QED) is 0.667. The van der Waals surface area contributed by atoms with Crippen molar-refractivity contribution >= 4 is 0 Å². The molecule has 0 amide bonds. The summed E-state index contributed by atoms with van der Waals surface area (Å²) < 4.78 is 2.02. The Bertz CT molecular complexity index is 329. The fraction of sp³-hybridized carbons (Fsp3) is 0.636. The van der Waals surface area contributed by atoms with Gasteiger partial charge in [0.25, 0.3) is 0 Å². The lowest BCUT2D eigenvalue weighted by molar-refractivity contribution is 0.135. The van der Waals surface area contributed by atoms with Crippen LogP contribution in [0.1, 0.15) is 22.9 Å². The highest BCUT2D eigenvalue weighted by Gasteiger charge is 2.21. The summed E-state index contributed by atoms with van der Waals surface area (Å²) in [6, 6.07) is -0.0921. The minimum absolute atomic E-state index is 0.0921. The highest BCUT2D eigenvalue weighted by molar-refractivity contribution is 5.32. The van der Waals surface area contributed by atoms with Gasteiger partial charge in [0, 0.05) is 37.1 Å². The molecule has 0 aliphatic carbocycles. The van der Waals surface area contributed by atoms with Crippen LogP contribution in [0, 0.1) is 13.8 Å². The monoisotopic (exact) mass is 211 g/mol. The third-order valence-electron chi connectivity index (χ3n) is 3.16. The van der Waals surface area contributed by atoms with Crippen LogP contribution in [0.5, 0.6) is 0 Å². The van der Waals surface area contributed by atoms with Gasteiger partial charge in [-0.1, -0.05) is 0 Å². The van der Waals surface area contributed by atoms with Crippen LogP contribution in [0.2, 0.25) is 0 Å². The van der Waals surface area contributed by atoms with E-state index in [1.54, 1.807) is 0 Å². The van der Waals surface area contributed by atoms with Crippen molar-refractivity contribution in [1.82, 2.24) is 9.88 Å². The maximum absolute atomic E-state index is 10.1. The number of aliphatic hydroxyl groups is 1. The van der Waals surface area contributed by atoms with Gasteiger partial charge >= 0.3 is 0 Å². The van der Waals surface area contributed by atoms with Crippen molar-refractivity contribution in [3.8, 4) is 0 Å². The third-order valence-corrected chi connectivity index (χ3v) is 3.16. The van der Waals surface area contributed by atoms with Crippen LogP contribution in [-0.4, -0.2) is 29.3 Å². The molecule has 0 radical (unpaired) electrons. The number of aliphatic hydroxyl groups excluding tert-OH is 1. The molecule has 0 fully saturated rings. The number of hydrogen-bond acceptors (Lipinski definition) is 3. The van der Waals surface area contributed by atoms with Crippen molar-refractivity contribution in [1.29, 1.82) is 0 Å². The van der Waals surface area contributed by atoms with Gasteiger partial charge in [-0.05, 0) is 26.5 Å². The summed E-state index contributed by atoms with van der Waals surface area (Å²) in [6.45, 7) is 4.49. The Morgan fingerprint density at radius 1 is 1.53 bits per heavy atom. The minimum atomic E-state index is -0.542. The fourth-order valence-electron chi connectivity index (χ4n) is 1.80. The molecular weight excluding hydrogens is 190 g/mol. The highest BCUT2D eigenvalue weighted by Crippen LogP contribution is 2.23. The second-order valence-electron chi connectivity index (χ2n) is 3.98. The molecule has 2 atom stereocenters. The number of aryl methyl sites for hydroxylation is 1. The van der Waals surface area contributed by atoms with Crippen LogP contribution >= 0.6 is 0 Å². The molecular formula is C11H21N3O. The Labute approximate surface area is 91.1 Å². The van der Waals surface area contributed by atoms with Crippen molar-refractivity contribution in [2.45, 2.75) is 26.0 Å². The number of nitrogens with one attached hydrogen (secondary N) is 1. The van der Waals surface area contributed by atoms with Crippen LogP contribution in [0.15, 0.2) is 6.20 Å². The Kier molecular flexibility index (Phi) is 3.90. The van der Waals surface area contributed by atoms with Crippen LogP contribution in [0.3, 0.4) is 0 Å². The maximum atomic E-state index is 10.1. The topological polar surface area (TPSA) is 63.2 Å². The first kappa shape index (κ1) is 12.2. The number of rotatable bonds is 4. The van der Waals surface area contributed by atoms with Crippen molar-refractivity contribution in [3.63, 3.8) is 0 Å². The Morgan fingerprint density at radius 2 is 2.13 bits per heavy atom. The Hall–Kier alpha value is -0.840. The molecule has 0 bridgehead atoms. The lowest BCUT2D eigenvalue weighted by Crippen LogP contribution is -2.38. The van der Waals surface area contributed by atoms with Gasteiger partial charge in [-0.25, -0.2) is 0 Å². The van der Waals surface area contributed by atoms with E-state index in [2.05, 4.69) is 5.32 Å². The van der Waals surface area contributed by atoms with E-state index in [0.29, 0.717) is 6.54 Å². The molecule has 0 aliphatic heterocycles. The molecule has 1 rings (SSSR count). The molecule has 1 heterocycles. The average molecular weight is 211 g/mol. The number of nitrogens with zero attached hydrogens (tertiary/aromatic N) is 1. The standard InChI is InChI=1S/C11H21N3O/c1-7-8(2)14(4)6-9(7)11(15)10(5-12)13-3/h6,10-11,13,15H,5,12H2,1-4H3. The Morgan fingerprint density at radius 3 is 2.47 bits per heavy atom. The normalized spacial score (nSPS) is 15.3. The first-order valence-electron chi connectivity index (χ1n) is 5.20. The molecule has 0 aromatic carbocycles. The second-order valence-corrected chi connectivity index (χ2v) is 3.98. The second kappa shape index (κ2) is 4.79. The molecule has 15 heavy (non-hydrogen) atoms. The zero-order chi connectivity index (χ0) is 11.6. The number of aromatic nitrogens is 1. The zero-order valence-electron chi connectivity index (χ0n) is 9.91. The van der Waals surface area contributed by atoms with E-state index in [9.17, 15) is 5.11 Å². The molecule has 0 saturated carbocycles. The molecule has 4 heteroatoms. The summed E-state index contributed by atoms with van der Waals surface area (Å²) in [6.07, 6.45) is 1.43. The summed E-state index contributed by atoms with van der Waals surface area (Å²) in [7, 11) is 3.79. The summed E-state index contributed by atoms with van der Waals surface area (Å²) in [5.74, 6) is 0. The summed E-state index contributed by atoms with van der Waals surface area (Å²) >= 11 is 0. The van der Waals surface area contributed by atoms with Gasteiger partial charge in [0.05, 0.1) is 6.10 Å². The predicted molar refractivity (Wildman–Crippen MR) is 61.7 cm³/mol. The van der Waals surface area contributed by atoms with Crippen molar-refractivity contribution in [2.75, 3.05) is 13.6 Å². The molecule has 0 spiro atoms. The summed E-state index contributed by atoms with van der Waals surface area (Å²) in [4.78, 5) is 0. The van der Waals surface area contributed by atoms with Gasteiger partial charge < -0.3 is 20.7 Å². The van der Waals surface area contributed by atoms with E-state index in [1.807, 2.05) is 38.7 Å². The first-order chi connectivity index (χ1) is 7.02. The van der Waals surface area contributed by atoms with Gasteiger partial charge in [0.2, 0.25) is 0 Å². The molecule has 0 aliphatic rings. The van der Waals surface area contributed by atoms with Crippen LogP contribution in [0.25, 0.3) is 0 Å². The summed E-state index contributed by atoms with van der Waals surface area (Å²) in [5, 5.41) is 13.2. The van der Waals surface area contributed by atoms with E-state index in [0.717, 1.165) is 11.1 Å². The van der Waals surface area contributed by atoms with Gasteiger partial charge in [-0.15, -0.1) is 0 Å². The predicted octanol–water partition coefficient (Wildman–Crippen LogP) is 0.222. The van der Waals surface area contributed by atoms with Crippen LogP contribution < -0.4 is 11.1 Å². The first-order valence-corrected chi connectivity index (χ1v) is 5.20. The van der Waals surface area contributed by atoms with Crippen LogP contribution in [0.4, 0.5) is 0 Å². The fourth-order valence-corrected chi connectivity index (χ4v) is 1.80. The van der Waals surface area contributed by atoms with Gasteiger partial charge in [0.15, 0.2) is 0 Å². The smallest absolute Gasteiger partial charge is 0.0972 e.